The molecule has 3 aromatic rings. The quantitative estimate of drug-likeness (QED) is 0.638. The Labute approximate surface area is 191 Å². The Morgan fingerprint density at radius 3 is 3.12 bits per heavy atom. The van der Waals surface area contributed by atoms with Crippen LogP contribution in [-0.2, 0) is 24.1 Å². The van der Waals surface area contributed by atoms with Crippen LogP contribution < -0.4 is 14.8 Å². The molecule has 1 amide bonds. The highest BCUT2D eigenvalue weighted by atomic mass is 16.6. The normalized spacial score (nSPS) is 20.9. The molecule has 0 aromatic carbocycles. The lowest BCUT2D eigenvalue weighted by atomic mass is 9.93. The minimum Gasteiger partial charge on any atom is -0.479 e. The summed E-state index contributed by atoms with van der Waals surface area (Å²) >= 11 is 0. The summed E-state index contributed by atoms with van der Waals surface area (Å²) in [6, 6.07) is 3.68. The van der Waals surface area contributed by atoms with Gasteiger partial charge < -0.3 is 23.9 Å². The van der Waals surface area contributed by atoms with E-state index in [-0.39, 0.29) is 18.1 Å². The Balaban J connectivity index is 1.19. The molecule has 0 radical (unpaired) electrons. The van der Waals surface area contributed by atoms with E-state index in [1.165, 1.54) is 0 Å². The summed E-state index contributed by atoms with van der Waals surface area (Å²) in [5, 5.41) is 7.80. The van der Waals surface area contributed by atoms with E-state index in [1.807, 2.05) is 23.7 Å². The summed E-state index contributed by atoms with van der Waals surface area (Å²) in [5.41, 5.74) is 3.80. The van der Waals surface area contributed by atoms with Crippen LogP contribution in [0.25, 0.3) is 11.3 Å². The number of carbonyl (C=O) groups excluding carboxylic acids is 1. The highest BCUT2D eigenvalue weighted by Crippen LogP contribution is 2.38. The average molecular weight is 450 g/mol. The Kier molecular flexibility index (Phi) is 5.05. The summed E-state index contributed by atoms with van der Waals surface area (Å²) in [7, 11) is 0. The molecule has 2 aliphatic heterocycles. The molecule has 0 spiro atoms. The van der Waals surface area contributed by atoms with Gasteiger partial charge in [-0.25, -0.2) is 4.98 Å². The van der Waals surface area contributed by atoms with Crippen LogP contribution >= 0.6 is 0 Å². The first-order valence-electron chi connectivity index (χ1n) is 11.5. The van der Waals surface area contributed by atoms with Gasteiger partial charge in [-0.15, -0.1) is 0 Å². The van der Waals surface area contributed by atoms with Gasteiger partial charge in [0, 0.05) is 43.1 Å². The van der Waals surface area contributed by atoms with Crippen LogP contribution in [0.2, 0.25) is 0 Å². The first-order valence-corrected chi connectivity index (χ1v) is 11.5. The molecule has 0 bridgehead atoms. The van der Waals surface area contributed by atoms with E-state index < -0.39 is 0 Å². The third-order valence-corrected chi connectivity index (χ3v) is 6.46. The molecule has 0 unspecified atom stereocenters. The van der Waals surface area contributed by atoms with Crippen molar-refractivity contribution in [1.82, 2.24) is 20.1 Å². The molecule has 1 aliphatic carbocycles. The number of pyridine rings is 1. The number of ether oxygens (including phenoxy) is 3. The average Bonchev–Trinajstić information content (AvgIpc) is 3.56. The zero-order chi connectivity index (χ0) is 22.4. The number of aryl methyl sites for hydroxylation is 2. The molecular formula is C24H26N4O5. The Morgan fingerprint density at radius 2 is 2.24 bits per heavy atom. The number of nitrogens with zero attached hydrogens (tertiary/aromatic N) is 3. The van der Waals surface area contributed by atoms with Gasteiger partial charge in [-0.2, -0.15) is 5.10 Å². The molecule has 1 fully saturated rings. The van der Waals surface area contributed by atoms with E-state index in [0.717, 1.165) is 60.4 Å². The van der Waals surface area contributed by atoms with Gasteiger partial charge in [0.25, 0.3) is 11.8 Å². The molecule has 9 heteroatoms. The number of furan rings is 1. The molecule has 3 aromatic heterocycles. The van der Waals surface area contributed by atoms with Gasteiger partial charge in [0.1, 0.15) is 12.4 Å². The summed E-state index contributed by atoms with van der Waals surface area (Å²) in [6.45, 7) is 4.18. The molecule has 5 heterocycles. The van der Waals surface area contributed by atoms with Crippen LogP contribution in [0, 0.1) is 6.92 Å². The fourth-order valence-electron chi connectivity index (χ4n) is 4.82. The van der Waals surface area contributed by atoms with Gasteiger partial charge in [-0.3, -0.25) is 9.48 Å². The minimum atomic E-state index is -0.196. The molecular weight excluding hydrogens is 424 g/mol. The number of amides is 1. The topological polar surface area (TPSA) is 101 Å². The third-order valence-electron chi connectivity index (χ3n) is 6.46. The predicted molar refractivity (Wildman–Crippen MR) is 118 cm³/mol. The molecule has 1 N–H and O–H groups in total. The van der Waals surface area contributed by atoms with E-state index in [1.54, 1.807) is 6.20 Å². The smallest absolute Gasteiger partial charge is 0.287 e. The van der Waals surface area contributed by atoms with Gasteiger partial charge in [0.05, 0.1) is 18.3 Å². The largest absolute Gasteiger partial charge is 0.479 e. The van der Waals surface area contributed by atoms with E-state index in [2.05, 4.69) is 16.5 Å². The summed E-state index contributed by atoms with van der Waals surface area (Å²) in [6.07, 6.45) is 7.27. The van der Waals surface area contributed by atoms with Crippen molar-refractivity contribution in [3.8, 4) is 22.9 Å². The number of aromatic nitrogens is 3. The second-order valence-corrected chi connectivity index (χ2v) is 8.78. The second-order valence-electron chi connectivity index (χ2n) is 8.78. The Morgan fingerprint density at radius 1 is 1.30 bits per heavy atom. The molecule has 0 saturated carbocycles. The first-order chi connectivity index (χ1) is 16.2. The molecule has 6 rings (SSSR count). The van der Waals surface area contributed by atoms with Crippen LogP contribution in [0.5, 0.6) is 11.6 Å². The van der Waals surface area contributed by atoms with Crippen LogP contribution in [0.4, 0.5) is 0 Å². The minimum absolute atomic E-state index is 0.0925. The first kappa shape index (κ1) is 20.3. The number of carbonyl (C=O) groups is 1. The maximum atomic E-state index is 12.8. The van der Waals surface area contributed by atoms with Gasteiger partial charge >= 0.3 is 0 Å². The third kappa shape index (κ3) is 3.76. The van der Waals surface area contributed by atoms with Crippen molar-refractivity contribution in [2.75, 3.05) is 19.8 Å². The van der Waals surface area contributed by atoms with Crippen molar-refractivity contribution in [3.63, 3.8) is 0 Å². The fraction of sp³-hybridized carbons (Fsp3) is 0.458. The highest BCUT2D eigenvalue weighted by Gasteiger charge is 2.31. The van der Waals surface area contributed by atoms with Crippen molar-refractivity contribution in [3.05, 3.63) is 47.2 Å². The number of fused-ring (bicyclic) bond motifs is 4. The Hall–Kier alpha value is -3.33. The van der Waals surface area contributed by atoms with Crippen molar-refractivity contribution >= 4 is 5.91 Å². The zero-order valence-electron chi connectivity index (χ0n) is 18.5. The lowest BCUT2D eigenvalue weighted by molar-refractivity contribution is 0.0716. The summed E-state index contributed by atoms with van der Waals surface area (Å²) < 4.78 is 25.3. The van der Waals surface area contributed by atoms with Gasteiger partial charge in [0.15, 0.2) is 17.6 Å². The van der Waals surface area contributed by atoms with Crippen LogP contribution in [-0.4, -0.2) is 52.6 Å². The van der Waals surface area contributed by atoms with E-state index in [9.17, 15) is 4.79 Å². The molecule has 1 saturated heterocycles. The van der Waals surface area contributed by atoms with Crippen molar-refractivity contribution in [2.45, 2.75) is 51.4 Å². The molecule has 172 valence electrons. The number of hydrogen-bond acceptors (Lipinski definition) is 7. The van der Waals surface area contributed by atoms with Crippen LogP contribution in [0.3, 0.4) is 0 Å². The lowest BCUT2D eigenvalue weighted by Crippen LogP contribution is -2.33. The maximum absolute atomic E-state index is 12.8. The van der Waals surface area contributed by atoms with Gasteiger partial charge in [0.2, 0.25) is 0 Å². The lowest BCUT2D eigenvalue weighted by Gasteiger charge is -2.25. The number of nitrogens with one attached hydrogen (secondary N) is 1. The van der Waals surface area contributed by atoms with Crippen molar-refractivity contribution in [2.24, 2.45) is 0 Å². The van der Waals surface area contributed by atoms with Gasteiger partial charge in [-0.1, -0.05) is 0 Å². The monoisotopic (exact) mass is 450 g/mol. The second kappa shape index (κ2) is 8.22. The molecule has 3 aliphatic rings. The van der Waals surface area contributed by atoms with Crippen LogP contribution in [0.15, 0.2) is 28.9 Å². The molecule has 33 heavy (non-hydrogen) atoms. The van der Waals surface area contributed by atoms with Crippen molar-refractivity contribution in [1.29, 1.82) is 0 Å². The highest BCUT2D eigenvalue weighted by molar-refractivity contribution is 5.95. The van der Waals surface area contributed by atoms with E-state index in [0.29, 0.717) is 37.1 Å². The van der Waals surface area contributed by atoms with E-state index in [4.69, 9.17) is 23.7 Å². The maximum Gasteiger partial charge on any atom is 0.287 e. The molecule has 9 nitrogen and oxygen atoms in total. The summed E-state index contributed by atoms with van der Waals surface area (Å²) in [4.78, 5) is 17.0. The van der Waals surface area contributed by atoms with Crippen molar-refractivity contribution < 1.29 is 23.4 Å². The standard InChI is InChI=1S/C24H26N4O5/c1-14-20-18(33-22(14)23(29)26-10-16-4-3-9-30-16)7-6-15-11-28(27-21(15)20)12-17-13-31-24-19(32-17)5-2-8-25-24/h2,5,8,11,16-17H,3-4,6-7,9-10,12-13H2,1H3,(H,26,29)/t16-,17-/m0/s1. The Bertz CT molecular complexity index is 1190. The SMILES string of the molecule is Cc1c(C(=O)NC[C@@H]2CCCO2)oc2c1-c1nn(C[C@H]3COc4ncccc4O3)cc1CC2. The fourth-order valence-corrected chi connectivity index (χ4v) is 4.82. The predicted octanol–water partition coefficient (Wildman–Crippen LogP) is 2.69. The number of rotatable bonds is 5. The van der Waals surface area contributed by atoms with Gasteiger partial charge in [-0.05, 0) is 43.9 Å². The van der Waals surface area contributed by atoms with E-state index >= 15 is 0 Å². The molecule has 2 atom stereocenters. The zero-order valence-corrected chi connectivity index (χ0v) is 18.5. The summed E-state index contributed by atoms with van der Waals surface area (Å²) in [5.74, 6) is 2.17. The van der Waals surface area contributed by atoms with Crippen LogP contribution in [0.1, 0.15) is 40.3 Å². The number of hydrogen-bond donors (Lipinski definition) is 1.